The highest BCUT2D eigenvalue weighted by Gasteiger charge is 2.23. The molecule has 2 N–H and O–H groups in total. The van der Waals surface area contributed by atoms with Crippen molar-refractivity contribution in [1.29, 1.82) is 0 Å². The molecule has 1 fully saturated rings. The van der Waals surface area contributed by atoms with Crippen LogP contribution in [0.3, 0.4) is 0 Å². The maximum absolute atomic E-state index is 11.5. The van der Waals surface area contributed by atoms with E-state index >= 15 is 0 Å². The minimum Gasteiger partial charge on any atom is -0.493 e. The molecule has 0 aliphatic carbocycles. The number of hydrogen-bond acceptors (Lipinski definition) is 3. The van der Waals surface area contributed by atoms with E-state index in [1.165, 1.54) is 5.56 Å². The van der Waals surface area contributed by atoms with Crippen molar-refractivity contribution in [3.8, 4) is 5.75 Å². The van der Waals surface area contributed by atoms with E-state index in [2.05, 4.69) is 22.8 Å². The lowest BCUT2D eigenvalue weighted by Gasteiger charge is -2.09. The van der Waals surface area contributed by atoms with Crippen LogP contribution in [0.1, 0.15) is 11.1 Å². The van der Waals surface area contributed by atoms with Crippen LogP contribution in [0.4, 0.5) is 0 Å². The van der Waals surface area contributed by atoms with Gasteiger partial charge in [0.25, 0.3) is 0 Å². The van der Waals surface area contributed by atoms with Crippen LogP contribution in [-0.4, -0.2) is 25.2 Å². The van der Waals surface area contributed by atoms with Crippen LogP contribution in [0.25, 0.3) is 0 Å². The standard InChI is InChI=1S/C18H20N2O2/c21-18-17(19-13-20-18)12-15-6-8-16(9-7-15)22-11-10-14-4-2-1-3-5-14/h1-9,17,19H,10-13H2,(H,20,21). The van der Waals surface area contributed by atoms with Gasteiger partial charge in [0.15, 0.2) is 0 Å². The van der Waals surface area contributed by atoms with E-state index in [0.717, 1.165) is 17.7 Å². The van der Waals surface area contributed by atoms with Crippen molar-refractivity contribution < 1.29 is 9.53 Å². The number of ether oxygens (including phenoxy) is 1. The van der Waals surface area contributed by atoms with Gasteiger partial charge in [-0.05, 0) is 29.7 Å². The summed E-state index contributed by atoms with van der Waals surface area (Å²) in [5.41, 5.74) is 2.40. The van der Waals surface area contributed by atoms with Crippen LogP contribution in [0.5, 0.6) is 5.75 Å². The highest BCUT2D eigenvalue weighted by molar-refractivity contribution is 5.83. The third kappa shape index (κ3) is 3.86. The van der Waals surface area contributed by atoms with Gasteiger partial charge in [-0.2, -0.15) is 0 Å². The van der Waals surface area contributed by atoms with E-state index in [1.54, 1.807) is 0 Å². The summed E-state index contributed by atoms with van der Waals surface area (Å²) in [6.07, 6.45) is 1.60. The smallest absolute Gasteiger partial charge is 0.238 e. The van der Waals surface area contributed by atoms with E-state index in [1.807, 2.05) is 42.5 Å². The van der Waals surface area contributed by atoms with Gasteiger partial charge in [0.2, 0.25) is 5.91 Å². The van der Waals surface area contributed by atoms with Crippen LogP contribution in [0.2, 0.25) is 0 Å². The average Bonchev–Trinajstić information content (AvgIpc) is 2.95. The van der Waals surface area contributed by atoms with Gasteiger partial charge in [0, 0.05) is 6.42 Å². The van der Waals surface area contributed by atoms with E-state index in [9.17, 15) is 4.79 Å². The van der Waals surface area contributed by atoms with Crippen LogP contribution < -0.4 is 15.4 Å². The zero-order valence-electron chi connectivity index (χ0n) is 12.4. The topological polar surface area (TPSA) is 50.4 Å². The summed E-state index contributed by atoms with van der Waals surface area (Å²) in [5, 5.41) is 5.90. The fourth-order valence-corrected chi connectivity index (χ4v) is 2.53. The third-order valence-electron chi connectivity index (χ3n) is 3.79. The normalized spacial score (nSPS) is 17.3. The molecule has 0 radical (unpaired) electrons. The average molecular weight is 296 g/mol. The minimum atomic E-state index is -0.121. The second kappa shape index (κ2) is 7.09. The molecule has 1 aliphatic heterocycles. The fourth-order valence-electron chi connectivity index (χ4n) is 2.53. The first-order chi connectivity index (χ1) is 10.8. The Morgan fingerprint density at radius 1 is 1.00 bits per heavy atom. The lowest BCUT2D eigenvalue weighted by molar-refractivity contribution is -0.120. The first-order valence-electron chi connectivity index (χ1n) is 7.58. The van der Waals surface area contributed by atoms with Gasteiger partial charge < -0.3 is 10.1 Å². The zero-order chi connectivity index (χ0) is 15.2. The van der Waals surface area contributed by atoms with Crippen LogP contribution in [0, 0.1) is 0 Å². The van der Waals surface area contributed by atoms with Gasteiger partial charge in [0.05, 0.1) is 19.3 Å². The Hall–Kier alpha value is -2.33. The van der Waals surface area contributed by atoms with Crippen molar-refractivity contribution in [2.75, 3.05) is 13.3 Å². The fraction of sp³-hybridized carbons (Fsp3) is 0.278. The monoisotopic (exact) mass is 296 g/mol. The molecule has 0 aromatic heterocycles. The highest BCUT2D eigenvalue weighted by atomic mass is 16.5. The Morgan fingerprint density at radius 3 is 2.45 bits per heavy atom. The van der Waals surface area contributed by atoms with E-state index in [4.69, 9.17) is 4.74 Å². The summed E-state index contributed by atoms with van der Waals surface area (Å²) in [6.45, 7) is 1.22. The molecule has 22 heavy (non-hydrogen) atoms. The first-order valence-corrected chi connectivity index (χ1v) is 7.58. The summed E-state index contributed by atoms with van der Waals surface area (Å²) in [5.74, 6) is 0.937. The predicted molar refractivity (Wildman–Crippen MR) is 85.7 cm³/mol. The first kappa shape index (κ1) is 14.6. The molecule has 4 heteroatoms. The largest absolute Gasteiger partial charge is 0.493 e. The number of rotatable bonds is 6. The van der Waals surface area contributed by atoms with Crippen molar-refractivity contribution in [1.82, 2.24) is 10.6 Å². The van der Waals surface area contributed by atoms with Gasteiger partial charge in [-0.15, -0.1) is 0 Å². The number of nitrogens with one attached hydrogen (secondary N) is 2. The van der Waals surface area contributed by atoms with Crippen molar-refractivity contribution in [3.63, 3.8) is 0 Å². The summed E-state index contributed by atoms with van der Waals surface area (Å²) < 4.78 is 5.76. The van der Waals surface area contributed by atoms with E-state index in [-0.39, 0.29) is 11.9 Å². The van der Waals surface area contributed by atoms with Crippen molar-refractivity contribution in [3.05, 3.63) is 65.7 Å². The lowest BCUT2D eigenvalue weighted by Crippen LogP contribution is -2.30. The van der Waals surface area contributed by atoms with Crippen LogP contribution in [0.15, 0.2) is 54.6 Å². The summed E-state index contributed by atoms with van der Waals surface area (Å²) >= 11 is 0. The van der Waals surface area contributed by atoms with Crippen molar-refractivity contribution in [2.45, 2.75) is 18.9 Å². The quantitative estimate of drug-likeness (QED) is 0.856. The Labute approximate surface area is 130 Å². The molecule has 1 amide bonds. The second-order valence-corrected chi connectivity index (χ2v) is 5.41. The molecule has 114 valence electrons. The second-order valence-electron chi connectivity index (χ2n) is 5.41. The third-order valence-corrected chi connectivity index (χ3v) is 3.79. The number of hydrogen-bond donors (Lipinski definition) is 2. The molecule has 1 atom stereocenters. The predicted octanol–water partition coefficient (Wildman–Crippen LogP) is 1.90. The molecule has 2 aromatic rings. The summed E-state index contributed by atoms with van der Waals surface area (Å²) in [6, 6.07) is 18.1. The van der Waals surface area contributed by atoms with Crippen LogP contribution in [-0.2, 0) is 17.6 Å². The lowest BCUT2D eigenvalue weighted by atomic mass is 10.1. The van der Waals surface area contributed by atoms with Gasteiger partial charge in [-0.25, -0.2) is 0 Å². The molecule has 1 aliphatic rings. The highest BCUT2D eigenvalue weighted by Crippen LogP contribution is 2.14. The van der Waals surface area contributed by atoms with Crippen molar-refractivity contribution in [2.24, 2.45) is 0 Å². The molecule has 1 saturated heterocycles. The van der Waals surface area contributed by atoms with Crippen LogP contribution >= 0.6 is 0 Å². The van der Waals surface area contributed by atoms with Gasteiger partial charge in [-0.3, -0.25) is 10.1 Å². The summed E-state index contributed by atoms with van der Waals surface area (Å²) in [7, 11) is 0. The molecule has 0 bridgehead atoms. The van der Waals surface area contributed by atoms with E-state index < -0.39 is 0 Å². The maximum Gasteiger partial charge on any atom is 0.238 e. The molecule has 4 nitrogen and oxygen atoms in total. The molecule has 2 aromatic carbocycles. The Balaban J connectivity index is 1.48. The number of carbonyl (C=O) groups excluding carboxylic acids is 1. The number of benzene rings is 2. The van der Waals surface area contributed by atoms with Gasteiger partial charge >= 0.3 is 0 Å². The Kier molecular flexibility index (Phi) is 4.71. The molecule has 1 heterocycles. The summed E-state index contributed by atoms with van der Waals surface area (Å²) in [4.78, 5) is 11.5. The molecule has 3 rings (SSSR count). The molecule has 0 spiro atoms. The zero-order valence-corrected chi connectivity index (χ0v) is 12.4. The maximum atomic E-state index is 11.5. The van der Waals surface area contributed by atoms with Crippen molar-refractivity contribution >= 4 is 5.91 Å². The molecule has 0 saturated carbocycles. The SMILES string of the molecule is O=C1NCNC1Cc1ccc(OCCc2ccccc2)cc1. The minimum absolute atomic E-state index is 0.0724. The van der Waals surface area contributed by atoms with E-state index in [0.29, 0.717) is 19.7 Å². The molecular weight excluding hydrogens is 276 g/mol. The molecule has 1 unspecified atom stereocenters. The number of carbonyl (C=O) groups is 1. The Bertz CT molecular complexity index is 611. The van der Waals surface area contributed by atoms with Gasteiger partial charge in [-0.1, -0.05) is 42.5 Å². The van der Waals surface area contributed by atoms with Gasteiger partial charge in [0.1, 0.15) is 5.75 Å². The number of amides is 1. The molecular formula is C18H20N2O2. The Morgan fingerprint density at radius 2 is 1.77 bits per heavy atom.